The number of piperidine rings is 1. The first-order valence-corrected chi connectivity index (χ1v) is 12.5. The van der Waals surface area contributed by atoms with Crippen LogP contribution in [0, 0.1) is 5.92 Å². The van der Waals surface area contributed by atoms with Crippen LogP contribution in [0.2, 0.25) is 0 Å². The average molecular weight is 432 g/mol. The first-order valence-electron chi connectivity index (χ1n) is 11.2. The van der Waals surface area contributed by atoms with Crippen LogP contribution in [0.15, 0.2) is 29.3 Å². The summed E-state index contributed by atoms with van der Waals surface area (Å²) in [6, 6.07) is 9.16. The fraction of sp³-hybridized carbons (Fsp3) is 0.652. The first-order chi connectivity index (χ1) is 14.6. The molecule has 3 atom stereocenters. The zero-order valence-electron chi connectivity index (χ0n) is 18.4. The summed E-state index contributed by atoms with van der Waals surface area (Å²) >= 11 is 1.97. The minimum absolute atomic E-state index is 0.0124. The highest BCUT2D eigenvalue weighted by atomic mass is 32.2. The Morgan fingerprint density at radius 3 is 2.87 bits per heavy atom. The second-order valence-corrected chi connectivity index (χ2v) is 9.64. The van der Waals surface area contributed by atoms with Gasteiger partial charge in [0.2, 0.25) is 5.91 Å². The molecular formula is C23H37N5OS. The van der Waals surface area contributed by atoms with Crippen molar-refractivity contribution in [2.75, 3.05) is 25.9 Å². The Labute approximate surface area is 185 Å². The van der Waals surface area contributed by atoms with Gasteiger partial charge in [0.05, 0.1) is 12.5 Å². The van der Waals surface area contributed by atoms with E-state index in [1.165, 1.54) is 30.4 Å². The molecule has 4 N–H and O–H groups in total. The van der Waals surface area contributed by atoms with Crippen molar-refractivity contribution < 1.29 is 4.79 Å². The summed E-state index contributed by atoms with van der Waals surface area (Å²) in [5.74, 6) is 0.730. The van der Waals surface area contributed by atoms with Crippen molar-refractivity contribution in [3.05, 3.63) is 35.4 Å². The Hall–Kier alpha value is -1.73. The zero-order chi connectivity index (χ0) is 21.3. The van der Waals surface area contributed by atoms with Crippen molar-refractivity contribution in [3.8, 4) is 0 Å². The van der Waals surface area contributed by atoms with Gasteiger partial charge in [-0.25, -0.2) is 4.99 Å². The number of guanidine groups is 1. The van der Waals surface area contributed by atoms with Gasteiger partial charge in [0.1, 0.15) is 0 Å². The maximum absolute atomic E-state index is 11.5. The van der Waals surface area contributed by atoms with E-state index in [1.54, 1.807) is 0 Å². The number of aliphatic imine (C=N–C) groups is 1. The van der Waals surface area contributed by atoms with Crippen LogP contribution in [0.25, 0.3) is 0 Å². The predicted octanol–water partition coefficient (Wildman–Crippen LogP) is 2.72. The highest BCUT2D eigenvalue weighted by Gasteiger charge is 2.25. The van der Waals surface area contributed by atoms with Crippen LogP contribution in [-0.2, 0) is 17.9 Å². The summed E-state index contributed by atoms with van der Waals surface area (Å²) in [6.45, 7) is 6.28. The molecule has 0 bridgehead atoms. The lowest BCUT2D eigenvalue weighted by Gasteiger charge is -2.31. The number of nitrogens with two attached hydrogens (primary N) is 1. The van der Waals surface area contributed by atoms with Gasteiger partial charge in [0.25, 0.3) is 0 Å². The van der Waals surface area contributed by atoms with E-state index in [4.69, 9.17) is 10.7 Å². The van der Waals surface area contributed by atoms with Gasteiger partial charge in [-0.05, 0) is 63.0 Å². The van der Waals surface area contributed by atoms with Crippen LogP contribution >= 0.6 is 11.8 Å². The lowest BCUT2D eigenvalue weighted by molar-refractivity contribution is -0.123. The number of carbonyl (C=O) groups is 1. The topological polar surface area (TPSA) is 82.8 Å². The molecular weight excluding hydrogens is 394 g/mol. The number of hydrogen-bond acceptors (Lipinski definition) is 4. The van der Waals surface area contributed by atoms with Crippen LogP contribution in [0.4, 0.5) is 0 Å². The summed E-state index contributed by atoms with van der Waals surface area (Å²) < 4.78 is 0. The summed E-state index contributed by atoms with van der Waals surface area (Å²) in [5, 5.41) is 7.78. The highest BCUT2D eigenvalue weighted by Crippen LogP contribution is 2.28. The fourth-order valence-corrected chi connectivity index (χ4v) is 5.28. The van der Waals surface area contributed by atoms with Crippen molar-refractivity contribution in [1.82, 2.24) is 15.5 Å². The molecule has 166 valence electrons. The molecule has 1 aliphatic heterocycles. The molecule has 1 amide bonds. The van der Waals surface area contributed by atoms with Crippen LogP contribution in [0.5, 0.6) is 0 Å². The van der Waals surface area contributed by atoms with Gasteiger partial charge in [0.15, 0.2) is 5.96 Å². The predicted molar refractivity (Wildman–Crippen MR) is 127 cm³/mol. The molecule has 2 fully saturated rings. The Bertz CT molecular complexity index is 725. The highest BCUT2D eigenvalue weighted by molar-refractivity contribution is 7.99. The molecule has 6 nitrogen and oxygen atoms in total. The van der Waals surface area contributed by atoms with E-state index in [1.807, 2.05) is 11.8 Å². The van der Waals surface area contributed by atoms with Gasteiger partial charge < -0.3 is 16.4 Å². The molecule has 30 heavy (non-hydrogen) atoms. The van der Waals surface area contributed by atoms with Gasteiger partial charge in [-0.1, -0.05) is 24.3 Å². The second-order valence-electron chi connectivity index (χ2n) is 8.50. The van der Waals surface area contributed by atoms with Crippen molar-refractivity contribution in [1.29, 1.82) is 0 Å². The monoisotopic (exact) mass is 431 g/mol. The third-order valence-electron chi connectivity index (χ3n) is 6.13. The van der Waals surface area contributed by atoms with Crippen molar-refractivity contribution in [2.24, 2.45) is 16.6 Å². The number of primary amides is 1. The molecule has 1 aromatic rings. The molecule has 1 aliphatic carbocycles. The Kier molecular flexibility index (Phi) is 8.88. The first kappa shape index (κ1) is 22.9. The molecule has 0 radical (unpaired) electrons. The zero-order valence-corrected chi connectivity index (χ0v) is 19.2. The summed E-state index contributed by atoms with van der Waals surface area (Å²) in [6.07, 6.45) is 7.87. The van der Waals surface area contributed by atoms with E-state index in [0.29, 0.717) is 12.6 Å². The third-order valence-corrected chi connectivity index (χ3v) is 7.22. The molecule has 7 heteroatoms. The number of nitrogens with one attached hydrogen (secondary N) is 2. The van der Waals surface area contributed by atoms with Crippen LogP contribution in [0.3, 0.4) is 0 Å². The minimum Gasteiger partial charge on any atom is -0.369 e. The summed E-state index contributed by atoms with van der Waals surface area (Å²) in [7, 11) is 0. The Balaban J connectivity index is 1.57. The number of likely N-dealkylation sites (tertiary alicyclic amines) is 1. The maximum Gasteiger partial charge on any atom is 0.221 e. The van der Waals surface area contributed by atoms with Crippen molar-refractivity contribution >= 4 is 23.6 Å². The Morgan fingerprint density at radius 2 is 2.13 bits per heavy atom. The van der Waals surface area contributed by atoms with Crippen LogP contribution in [-0.4, -0.2) is 53.9 Å². The third kappa shape index (κ3) is 6.91. The van der Waals surface area contributed by atoms with Gasteiger partial charge in [-0.15, -0.1) is 0 Å². The molecule has 1 aromatic carbocycles. The number of hydrogen-bond donors (Lipinski definition) is 3. The van der Waals surface area contributed by atoms with Gasteiger partial charge in [0, 0.05) is 30.9 Å². The number of carbonyl (C=O) groups excluding carboxylic acids is 1. The normalized spacial score (nSPS) is 25.3. The molecule has 2 aliphatic rings. The molecule has 0 aromatic heterocycles. The molecule has 0 spiro atoms. The van der Waals surface area contributed by atoms with E-state index >= 15 is 0 Å². The number of nitrogens with zero attached hydrogens (tertiary/aromatic N) is 2. The number of amides is 1. The van der Waals surface area contributed by atoms with E-state index in [9.17, 15) is 4.79 Å². The quantitative estimate of drug-likeness (QED) is 0.435. The minimum atomic E-state index is -0.169. The number of benzene rings is 1. The van der Waals surface area contributed by atoms with E-state index in [2.05, 4.69) is 53.0 Å². The molecule has 1 heterocycles. The number of rotatable bonds is 8. The summed E-state index contributed by atoms with van der Waals surface area (Å²) in [4.78, 5) is 18.7. The smallest absolute Gasteiger partial charge is 0.221 e. The van der Waals surface area contributed by atoms with Crippen LogP contribution < -0.4 is 16.4 Å². The lowest BCUT2D eigenvalue weighted by Crippen LogP contribution is -2.42. The molecule has 1 saturated carbocycles. The van der Waals surface area contributed by atoms with Gasteiger partial charge in [-0.3, -0.25) is 9.69 Å². The van der Waals surface area contributed by atoms with Gasteiger partial charge in [-0.2, -0.15) is 11.8 Å². The van der Waals surface area contributed by atoms with Gasteiger partial charge >= 0.3 is 0 Å². The van der Waals surface area contributed by atoms with Crippen LogP contribution in [0.1, 0.15) is 50.2 Å². The fourth-order valence-electron chi connectivity index (χ4n) is 4.48. The standard InChI is InChI=1S/C23H37N5OS/c1-3-25-23(27-20-9-10-21(13-20)30-2)26-14-17-6-4-7-18(12-17)15-28-11-5-8-19(16-28)22(24)29/h4,6-7,12,19-21H,3,5,8-11,13-16H2,1-2H3,(H2,24,29)(H2,25,26,27). The molecule has 1 saturated heterocycles. The molecule has 3 unspecified atom stereocenters. The number of thioether (sulfide) groups is 1. The largest absolute Gasteiger partial charge is 0.369 e. The van der Waals surface area contributed by atoms with E-state index in [0.717, 1.165) is 50.2 Å². The van der Waals surface area contributed by atoms with E-state index < -0.39 is 0 Å². The molecule has 3 rings (SSSR count). The Morgan fingerprint density at radius 1 is 1.30 bits per heavy atom. The second kappa shape index (κ2) is 11.6. The maximum atomic E-state index is 11.5. The van der Waals surface area contributed by atoms with E-state index in [-0.39, 0.29) is 11.8 Å². The average Bonchev–Trinajstić information content (AvgIpc) is 3.20. The SMILES string of the molecule is CCNC(=NCc1cccc(CN2CCCC(C(N)=O)C2)c1)NC1CCC(SC)C1. The van der Waals surface area contributed by atoms with Crippen molar-refractivity contribution in [3.63, 3.8) is 0 Å². The summed E-state index contributed by atoms with van der Waals surface area (Å²) in [5.41, 5.74) is 8.00. The lowest BCUT2D eigenvalue weighted by atomic mass is 9.97. The van der Waals surface area contributed by atoms with Crippen molar-refractivity contribution in [2.45, 2.75) is 63.4 Å².